The van der Waals surface area contributed by atoms with E-state index in [9.17, 15) is 10.1 Å². The van der Waals surface area contributed by atoms with E-state index in [0.29, 0.717) is 31.7 Å². The van der Waals surface area contributed by atoms with Crippen LogP contribution in [-0.4, -0.2) is 47.8 Å². The highest BCUT2D eigenvalue weighted by Gasteiger charge is 2.27. The average Bonchev–Trinajstić information content (AvgIpc) is 2.52. The van der Waals surface area contributed by atoms with Crippen molar-refractivity contribution in [1.29, 1.82) is 5.26 Å². The SMILES string of the molecule is CCc1ccc(C#N)c(N2CCN(C(=O)OC(C)(C)C)CC2)n1. The topological polar surface area (TPSA) is 69.5 Å². The maximum Gasteiger partial charge on any atom is 0.410 e. The fourth-order valence-corrected chi connectivity index (χ4v) is 2.44. The van der Waals surface area contributed by atoms with Gasteiger partial charge in [0.15, 0.2) is 0 Å². The van der Waals surface area contributed by atoms with Crippen LogP contribution in [0.2, 0.25) is 0 Å². The molecule has 6 nitrogen and oxygen atoms in total. The van der Waals surface area contributed by atoms with E-state index in [4.69, 9.17) is 4.74 Å². The van der Waals surface area contributed by atoms with Gasteiger partial charge in [0.05, 0.1) is 5.56 Å². The van der Waals surface area contributed by atoms with Crippen molar-refractivity contribution in [3.63, 3.8) is 0 Å². The van der Waals surface area contributed by atoms with Crippen molar-refractivity contribution < 1.29 is 9.53 Å². The molecule has 0 spiro atoms. The number of aryl methyl sites for hydroxylation is 1. The van der Waals surface area contributed by atoms with Crippen LogP contribution >= 0.6 is 0 Å². The normalized spacial score (nSPS) is 15.3. The van der Waals surface area contributed by atoms with E-state index in [1.807, 2.05) is 39.8 Å². The number of rotatable bonds is 2. The van der Waals surface area contributed by atoms with Crippen LogP contribution in [0.1, 0.15) is 39.0 Å². The first-order valence-electron chi connectivity index (χ1n) is 7.97. The quantitative estimate of drug-likeness (QED) is 0.838. The van der Waals surface area contributed by atoms with Crippen LogP contribution in [0, 0.1) is 11.3 Å². The van der Waals surface area contributed by atoms with E-state index in [1.165, 1.54) is 0 Å². The molecule has 0 unspecified atom stereocenters. The van der Waals surface area contributed by atoms with E-state index in [0.717, 1.165) is 17.9 Å². The van der Waals surface area contributed by atoms with Gasteiger partial charge in [-0.15, -0.1) is 0 Å². The Morgan fingerprint density at radius 1 is 1.30 bits per heavy atom. The summed E-state index contributed by atoms with van der Waals surface area (Å²) in [5.74, 6) is 0.718. The highest BCUT2D eigenvalue weighted by molar-refractivity contribution is 5.68. The molecular weight excluding hydrogens is 292 g/mol. The molecule has 6 heteroatoms. The smallest absolute Gasteiger partial charge is 0.410 e. The van der Waals surface area contributed by atoms with Gasteiger partial charge in [-0.3, -0.25) is 0 Å². The van der Waals surface area contributed by atoms with Gasteiger partial charge in [-0.1, -0.05) is 6.92 Å². The van der Waals surface area contributed by atoms with Crippen molar-refractivity contribution in [2.75, 3.05) is 31.1 Å². The molecule has 1 fully saturated rings. The summed E-state index contributed by atoms with van der Waals surface area (Å²) in [4.78, 5) is 20.5. The van der Waals surface area contributed by atoms with Crippen molar-refractivity contribution >= 4 is 11.9 Å². The summed E-state index contributed by atoms with van der Waals surface area (Å²) >= 11 is 0. The zero-order valence-electron chi connectivity index (χ0n) is 14.3. The van der Waals surface area contributed by atoms with Crippen LogP contribution in [-0.2, 0) is 11.2 Å². The van der Waals surface area contributed by atoms with E-state index in [1.54, 1.807) is 4.90 Å². The summed E-state index contributed by atoms with van der Waals surface area (Å²) in [5, 5.41) is 9.28. The lowest BCUT2D eigenvalue weighted by Crippen LogP contribution is -2.50. The third kappa shape index (κ3) is 4.35. The molecule has 2 rings (SSSR count). The molecule has 0 aliphatic carbocycles. The molecular formula is C17H24N4O2. The zero-order valence-corrected chi connectivity index (χ0v) is 14.3. The van der Waals surface area contributed by atoms with Crippen LogP contribution in [0.5, 0.6) is 0 Å². The first-order chi connectivity index (χ1) is 10.8. The summed E-state index contributed by atoms with van der Waals surface area (Å²) < 4.78 is 5.40. The Bertz CT molecular complexity index is 608. The molecule has 0 atom stereocenters. The maximum atomic E-state index is 12.1. The van der Waals surface area contributed by atoms with Gasteiger partial charge in [-0.05, 0) is 39.3 Å². The number of hydrogen-bond acceptors (Lipinski definition) is 5. The highest BCUT2D eigenvalue weighted by Crippen LogP contribution is 2.20. The maximum absolute atomic E-state index is 12.1. The summed E-state index contributed by atoms with van der Waals surface area (Å²) in [6, 6.07) is 5.91. The monoisotopic (exact) mass is 316 g/mol. The highest BCUT2D eigenvalue weighted by atomic mass is 16.6. The Balaban J connectivity index is 2.05. The third-order valence-electron chi connectivity index (χ3n) is 3.65. The second-order valence-corrected chi connectivity index (χ2v) is 6.59. The van der Waals surface area contributed by atoms with Gasteiger partial charge in [0, 0.05) is 31.9 Å². The number of anilines is 1. The van der Waals surface area contributed by atoms with Gasteiger partial charge in [-0.2, -0.15) is 5.26 Å². The Morgan fingerprint density at radius 3 is 2.48 bits per heavy atom. The lowest BCUT2D eigenvalue weighted by atomic mass is 10.2. The largest absolute Gasteiger partial charge is 0.444 e. The first kappa shape index (κ1) is 17.1. The van der Waals surface area contributed by atoms with E-state index in [-0.39, 0.29) is 6.09 Å². The zero-order chi connectivity index (χ0) is 17.0. The molecule has 1 aromatic rings. The van der Waals surface area contributed by atoms with Gasteiger partial charge in [-0.25, -0.2) is 9.78 Å². The van der Waals surface area contributed by atoms with Crippen molar-refractivity contribution in [3.8, 4) is 6.07 Å². The number of nitriles is 1. The summed E-state index contributed by atoms with van der Waals surface area (Å²) in [7, 11) is 0. The van der Waals surface area contributed by atoms with Gasteiger partial charge >= 0.3 is 6.09 Å². The molecule has 0 N–H and O–H groups in total. The van der Waals surface area contributed by atoms with Gasteiger partial charge in [0.1, 0.15) is 17.5 Å². The van der Waals surface area contributed by atoms with E-state index >= 15 is 0 Å². The fourth-order valence-electron chi connectivity index (χ4n) is 2.44. The lowest BCUT2D eigenvalue weighted by molar-refractivity contribution is 0.0240. The van der Waals surface area contributed by atoms with Crippen molar-refractivity contribution in [1.82, 2.24) is 9.88 Å². The van der Waals surface area contributed by atoms with Gasteiger partial charge in [0.25, 0.3) is 0 Å². The standard InChI is InChI=1S/C17H24N4O2/c1-5-14-7-6-13(12-18)15(19-14)20-8-10-21(11-9-20)16(22)23-17(2,3)4/h6-7H,5,8-11H2,1-4H3. The van der Waals surface area contributed by atoms with Crippen LogP contribution < -0.4 is 4.90 Å². The van der Waals surface area contributed by atoms with Crippen LogP contribution in [0.4, 0.5) is 10.6 Å². The molecule has 0 radical (unpaired) electrons. The average molecular weight is 316 g/mol. The number of hydrogen-bond donors (Lipinski definition) is 0. The Morgan fingerprint density at radius 2 is 1.96 bits per heavy atom. The molecule has 124 valence electrons. The first-order valence-corrected chi connectivity index (χ1v) is 7.97. The minimum Gasteiger partial charge on any atom is -0.444 e. The van der Waals surface area contributed by atoms with E-state index in [2.05, 4.69) is 16.0 Å². The molecule has 0 saturated carbocycles. The Hall–Kier alpha value is -2.29. The number of carbonyl (C=O) groups excluding carboxylic acids is 1. The molecule has 1 aliphatic heterocycles. The third-order valence-corrected chi connectivity index (χ3v) is 3.65. The summed E-state index contributed by atoms with van der Waals surface area (Å²) in [6.45, 7) is 10.1. The molecule has 2 heterocycles. The minimum absolute atomic E-state index is 0.284. The predicted octanol–water partition coefficient (Wildman–Crippen LogP) is 2.57. The van der Waals surface area contributed by atoms with Crippen molar-refractivity contribution in [2.45, 2.75) is 39.7 Å². The van der Waals surface area contributed by atoms with Crippen molar-refractivity contribution in [3.05, 3.63) is 23.4 Å². The number of amides is 1. The number of carbonyl (C=O) groups is 1. The van der Waals surface area contributed by atoms with Crippen LogP contribution in [0.25, 0.3) is 0 Å². The molecule has 1 saturated heterocycles. The van der Waals surface area contributed by atoms with Crippen molar-refractivity contribution in [2.24, 2.45) is 0 Å². The molecule has 23 heavy (non-hydrogen) atoms. The Labute approximate surface area is 137 Å². The molecule has 0 aromatic carbocycles. The molecule has 1 aromatic heterocycles. The molecule has 1 amide bonds. The summed E-state index contributed by atoms with van der Waals surface area (Å²) in [5.41, 5.74) is 1.06. The van der Waals surface area contributed by atoms with Crippen LogP contribution in [0.15, 0.2) is 12.1 Å². The van der Waals surface area contributed by atoms with E-state index < -0.39 is 5.60 Å². The number of pyridine rings is 1. The number of ether oxygens (including phenoxy) is 1. The Kier molecular flexibility index (Phi) is 5.09. The van der Waals surface area contributed by atoms with Gasteiger partial charge in [0.2, 0.25) is 0 Å². The predicted molar refractivity (Wildman–Crippen MR) is 88.4 cm³/mol. The summed E-state index contributed by atoms with van der Waals surface area (Å²) in [6.07, 6.45) is 0.546. The van der Waals surface area contributed by atoms with Gasteiger partial charge < -0.3 is 14.5 Å². The minimum atomic E-state index is -0.487. The lowest BCUT2D eigenvalue weighted by Gasteiger charge is -2.36. The molecule has 1 aliphatic rings. The van der Waals surface area contributed by atoms with Crippen LogP contribution in [0.3, 0.4) is 0 Å². The second kappa shape index (κ2) is 6.86. The number of piperazine rings is 1. The fraction of sp³-hybridized carbons (Fsp3) is 0.588. The molecule has 0 bridgehead atoms. The number of aromatic nitrogens is 1. The number of nitrogens with zero attached hydrogens (tertiary/aromatic N) is 4. The second-order valence-electron chi connectivity index (χ2n) is 6.59.